The number of benzene rings is 2. The normalized spacial score (nSPS) is 14.4. The van der Waals surface area contributed by atoms with Crippen LogP contribution >= 0.6 is 0 Å². The molecule has 0 atom stereocenters. The number of rotatable bonds is 2. The molecule has 0 radical (unpaired) electrons. The average Bonchev–Trinajstić information content (AvgIpc) is 2.77. The Kier molecular flexibility index (Phi) is 4.90. The minimum absolute atomic E-state index is 0.0491. The summed E-state index contributed by atoms with van der Waals surface area (Å²) in [5.74, 6) is -1.81. The first-order chi connectivity index (χ1) is 14.9. The Bertz CT molecular complexity index is 1430. The third-order valence-electron chi connectivity index (χ3n) is 4.95. The molecule has 0 heterocycles. The molecule has 0 saturated heterocycles. The van der Waals surface area contributed by atoms with Crippen LogP contribution in [0.3, 0.4) is 0 Å². The van der Waals surface area contributed by atoms with Gasteiger partial charge in [0.2, 0.25) is 11.6 Å². The van der Waals surface area contributed by atoms with Crippen molar-refractivity contribution >= 4 is 46.5 Å². The Hall–Kier alpha value is -4.20. The molecule has 0 aromatic heterocycles. The van der Waals surface area contributed by atoms with E-state index in [1.54, 1.807) is 49.4 Å². The molecular formula is C23H16O8. The molecule has 2 aromatic carbocycles. The topological polar surface area (TPSA) is 105 Å². The van der Waals surface area contributed by atoms with Crippen LogP contribution in [0.1, 0.15) is 5.56 Å². The Morgan fingerprint density at radius 1 is 0.677 bits per heavy atom. The van der Waals surface area contributed by atoms with E-state index < -0.39 is 23.9 Å². The number of methoxy groups -OCH3 is 2. The molecule has 31 heavy (non-hydrogen) atoms. The van der Waals surface area contributed by atoms with Gasteiger partial charge >= 0.3 is 12.3 Å². The fourth-order valence-electron chi connectivity index (χ4n) is 3.63. The number of carbonyl (C=O) groups excluding carboxylic acids is 4. The van der Waals surface area contributed by atoms with Gasteiger partial charge in [-0.05, 0) is 23.4 Å². The average molecular weight is 420 g/mol. The van der Waals surface area contributed by atoms with Gasteiger partial charge in [0.05, 0.1) is 14.2 Å². The van der Waals surface area contributed by atoms with Gasteiger partial charge < -0.3 is 18.9 Å². The third-order valence-corrected chi connectivity index (χ3v) is 4.95. The largest absolute Gasteiger partial charge is 0.513 e. The van der Waals surface area contributed by atoms with E-state index in [9.17, 15) is 19.2 Å². The molecule has 0 saturated carbocycles. The van der Waals surface area contributed by atoms with Gasteiger partial charge in [-0.3, -0.25) is 9.59 Å². The van der Waals surface area contributed by atoms with Crippen molar-refractivity contribution in [2.75, 3.05) is 14.2 Å². The van der Waals surface area contributed by atoms with E-state index in [1.165, 1.54) is 0 Å². The van der Waals surface area contributed by atoms with Crippen molar-refractivity contribution in [2.24, 2.45) is 0 Å². The molecule has 2 aliphatic rings. The van der Waals surface area contributed by atoms with Crippen molar-refractivity contribution in [3.8, 4) is 0 Å². The minimum Gasteiger partial charge on any atom is -0.437 e. The molecule has 0 bridgehead atoms. The number of ketones is 2. The lowest BCUT2D eigenvalue weighted by Crippen LogP contribution is -2.47. The number of Topliss-reactive ketones (excluding diaryl/α,β-unsaturated/α-hetero) is 2. The van der Waals surface area contributed by atoms with Crippen molar-refractivity contribution in [2.45, 2.75) is 6.92 Å². The van der Waals surface area contributed by atoms with E-state index in [-0.39, 0.29) is 33.1 Å². The molecular weight excluding hydrogens is 404 g/mol. The molecule has 2 aromatic rings. The highest BCUT2D eigenvalue weighted by Gasteiger charge is 2.37. The lowest BCUT2D eigenvalue weighted by Gasteiger charge is -2.22. The first-order valence-corrected chi connectivity index (χ1v) is 9.17. The van der Waals surface area contributed by atoms with E-state index in [4.69, 9.17) is 9.47 Å². The van der Waals surface area contributed by atoms with Gasteiger partial charge in [-0.2, -0.15) is 0 Å². The van der Waals surface area contributed by atoms with Crippen LogP contribution in [0.4, 0.5) is 9.59 Å². The zero-order valence-corrected chi connectivity index (χ0v) is 16.8. The van der Waals surface area contributed by atoms with Crippen LogP contribution < -0.4 is 20.9 Å². The SMILES string of the molecule is COC(=O)OC1=c2ccccc2=C2C(=O)C(OC(=O)OC)=c3cc(C)ccc3=C2C1=O. The van der Waals surface area contributed by atoms with Crippen molar-refractivity contribution in [3.05, 3.63) is 68.9 Å². The first kappa shape index (κ1) is 20.1. The van der Waals surface area contributed by atoms with Crippen LogP contribution in [-0.4, -0.2) is 38.1 Å². The number of fused-ring (bicyclic) bond motifs is 3. The van der Waals surface area contributed by atoms with E-state index in [2.05, 4.69) is 9.47 Å². The summed E-state index contributed by atoms with van der Waals surface area (Å²) in [6.07, 6.45) is -2.12. The maximum absolute atomic E-state index is 13.5. The molecule has 0 aliphatic heterocycles. The van der Waals surface area contributed by atoms with Crippen LogP contribution in [0.25, 0.3) is 22.7 Å². The van der Waals surface area contributed by atoms with Crippen LogP contribution in [0.5, 0.6) is 0 Å². The second kappa shape index (κ2) is 7.56. The number of aryl methyl sites for hydroxylation is 1. The Morgan fingerprint density at radius 2 is 1.16 bits per heavy atom. The molecule has 4 rings (SSSR count). The van der Waals surface area contributed by atoms with E-state index in [0.29, 0.717) is 10.4 Å². The van der Waals surface area contributed by atoms with Gasteiger partial charge in [0, 0.05) is 21.6 Å². The predicted octanol–water partition coefficient (Wildman–Crippen LogP) is -0.0556. The fraction of sp³-hybridized carbons (Fsp3) is 0.130. The summed E-state index contributed by atoms with van der Waals surface area (Å²) in [5.41, 5.74) is 0.878. The number of hydrogen-bond donors (Lipinski definition) is 0. The zero-order valence-electron chi connectivity index (χ0n) is 16.8. The molecule has 0 spiro atoms. The molecule has 0 amide bonds. The number of hydrogen-bond acceptors (Lipinski definition) is 8. The number of ether oxygens (including phenoxy) is 4. The van der Waals surface area contributed by atoms with Crippen molar-refractivity contribution in [3.63, 3.8) is 0 Å². The summed E-state index contributed by atoms with van der Waals surface area (Å²) >= 11 is 0. The summed E-state index contributed by atoms with van der Waals surface area (Å²) in [6, 6.07) is 11.5. The Morgan fingerprint density at radius 3 is 1.71 bits per heavy atom. The molecule has 0 unspecified atom stereocenters. The van der Waals surface area contributed by atoms with Gasteiger partial charge in [-0.1, -0.05) is 42.0 Å². The highest BCUT2D eigenvalue weighted by Crippen LogP contribution is 2.26. The summed E-state index contributed by atoms with van der Waals surface area (Å²) < 4.78 is 19.4. The van der Waals surface area contributed by atoms with Gasteiger partial charge in [0.25, 0.3) is 0 Å². The lowest BCUT2D eigenvalue weighted by atomic mass is 9.83. The second-order valence-electron chi connectivity index (χ2n) is 6.77. The van der Waals surface area contributed by atoms with Gasteiger partial charge in [-0.25, -0.2) is 9.59 Å². The molecule has 0 fully saturated rings. The lowest BCUT2D eigenvalue weighted by molar-refractivity contribution is -0.112. The molecule has 0 N–H and O–H groups in total. The van der Waals surface area contributed by atoms with E-state index in [0.717, 1.165) is 19.8 Å². The number of carbonyl (C=O) groups is 4. The summed E-state index contributed by atoms with van der Waals surface area (Å²) in [4.78, 5) is 50.5. The Balaban J connectivity index is 2.18. The Labute approximate surface area is 175 Å². The summed E-state index contributed by atoms with van der Waals surface area (Å²) in [6.45, 7) is 1.79. The van der Waals surface area contributed by atoms with Crippen LogP contribution in [-0.2, 0) is 28.5 Å². The smallest absolute Gasteiger partial charge is 0.437 e. The predicted molar refractivity (Wildman–Crippen MR) is 107 cm³/mol. The highest BCUT2D eigenvalue weighted by atomic mass is 16.7. The fourth-order valence-corrected chi connectivity index (χ4v) is 3.63. The van der Waals surface area contributed by atoms with Gasteiger partial charge in [0.15, 0.2) is 11.5 Å². The monoisotopic (exact) mass is 420 g/mol. The molecule has 2 aliphatic carbocycles. The maximum Gasteiger partial charge on any atom is 0.513 e. The van der Waals surface area contributed by atoms with Crippen LogP contribution in [0, 0.1) is 6.92 Å². The molecule has 8 heteroatoms. The molecule has 156 valence electrons. The maximum atomic E-state index is 13.5. The van der Waals surface area contributed by atoms with Crippen molar-refractivity contribution in [1.82, 2.24) is 0 Å². The molecule has 8 nitrogen and oxygen atoms in total. The van der Waals surface area contributed by atoms with E-state index in [1.807, 2.05) is 0 Å². The van der Waals surface area contributed by atoms with Gasteiger partial charge in [-0.15, -0.1) is 0 Å². The zero-order chi connectivity index (χ0) is 22.3. The van der Waals surface area contributed by atoms with Crippen LogP contribution in [0.15, 0.2) is 42.5 Å². The highest BCUT2D eigenvalue weighted by molar-refractivity contribution is 6.58. The van der Waals surface area contributed by atoms with Crippen LogP contribution in [0.2, 0.25) is 0 Å². The van der Waals surface area contributed by atoms with Crippen molar-refractivity contribution < 1.29 is 38.1 Å². The minimum atomic E-state index is -1.06. The third kappa shape index (κ3) is 3.18. The standard InChI is InChI=1S/C23H16O8/c1-11-8-9-13-15(10-11)21(31-23(27)29-3)19(25)16-12-6-4-5-7-14(12)20(18(24)17(13)16)30-22(26)28-2/h4-10H,1-3H3. The van der Waals surface area contributed by atoms with Gasteiger partial charge in [0.1, 0.15) is 0 Å². The quantitative estimate of drug-likeness (QED) is 0.623. The summed E-state index contributed by atoms with van der Waals surface area (Å²) in [7, 11) is 2.25. The van der Waals surface area contributed by atoms with Crippen molar-refractivity contribution in [1.29, 1.82) is 0 Å². The summed E-state index contributed by atoms with van der Waals surface area (Å²) in [5, 5.41) is 1.24. The van der Waals surface area contributed by atoms with E-state index >= 15 is 0 Å². The first-order valence-electron chi connectivity index (χ1n) is 9.17. The second-order valence-corrected chi connectivity index (χ2v) is 6.77.